The molecule has 1 spiro atoms. The number of nitrogens with zero attached hydrogens (tertiary/aromatic N) is 2. The molecule has 106 valence electrons. The minimum Gasteiger partial charge on any atom is -0.314 e. The second-order valence-corrected chi connectivity index (χ2v) is 5.31. The molecule has 0 bridgehead atoms. The number of fused-ring (bicyclic) bond motifs is 4. The maximum Gasteiger partial charge on any atom is 0.242 e. The van der Waals surface area contributed by atoms with Gasteiger partial charge in [0.2, 0.25) is 11.8 Å². The van der Waals surface area contributed by atoms with Crippen LogP contribution in [0, 0.1) is 5.82 Å². The van der Waals surface area contributed by atoms with Crippen molar-refractivity contribution in [3.05, 3.63) is 41.3 Å². The molecule has 2 aliphatic rings. The van der Waals surface area contributed by atoms with E-state index in [-0.39, 0.29) is 18.2 Å². The van der Waals surface area contributed by atoms with Gasteiger partial charge in [0.15, 0.2) is 0 Å². The molecule has 6 nitrogen and oxygen atoms in total. The lowest BCUT2D eigenvalue weighted by atomic mass is 9.72. The average molecular weight is 286 g/mol. The molecule has 2 amide bonds. The Hall–Kier alpha value is -2.70. The molecule has 1 aromatic carbocycles. The molecule has 0 radical (unpaired) electrons. The van der Waals surface area contributed by atoms with Gasteiger partial charge in [-0.3, -0.25) is 14.7 Å². The van der Waals surface area contributed by atoms with Crippen molar-refractivity contribution in [3.63, 3.8) is 0 Å². The highest BCUT2D eigenvalue weighted by molar-refractivity contribution is 6.15. The van der Waals surface area contributed by atoms with Crippen LogP contribution in [-0.2, 0) is 15.0 Å². The Labute approximate surface area is 118 Å². The van der Waals surface area contributed by atoms with Gasteiger partial charge in [0.1, 0.15) is 17.1 Å². The van der Waals surface area contributed by atoms with Crippen LogP contribution in [0.25, 0.3) is 0 Å². The van der Waals surface area contributed by atoms with E-state index in [0.29, 0.717) is 22.6 Å². The van der Waals surface area contributed by atoms with E-state index in [0.717, 1.165) is 0 Å². The van der Waals surface area contributed by atoms with Crippen molar-refractivity contribution in [1.29, 1.82) is 0 Å². The van der Waals surface area contributed by atoms with Crippen LogP contribution in [-0.4, -0.2) is 29.1 Å². The highest BCUT2D eigenvalue weighted by Gasteiger charge is 2.55. The molecule has 2 N–H and O–H groups in total. The molecule has 3 heterocycles. The van der Waals surface area contributed by atoms with Crippen molar-refractivity contribution in [1.82, 2.24) is 10.2 Å². The first-order valence-electron chi connectivity index (χ1n) is 6.46. The minimum atomic E-state index is -1.12. The predicted molar refractivity (Wildman–Crippen MR) is 72.4 cm³/mol. The van der Waals surface area contributed by atoms with Gasteiger partial charge < -0.3 is 10.2 Å². The van der Waals surface area contributed by atoms with Crippen LogP contribution in [0.1, 0.15) is 17.5 Å². The molecular weight excluding hydrogens is 275 g/mol. The normalized spacial score (nSPS) is 23.2. The molecular formula is C14H11FN4O2. The molecule has 21 heavy (non-hydrogen) atoms. The summed E-state index contributed by atoms with van der Waals surface area (Å²) < 4.78 is 13.5. The van der Waals surface area contributed by atoms with E-state index < -0.39 is 11.2 Å². The van der Waals surface area contributed by atoms with Gasteiger partial charge in [-0.15, -0.1) is 0 Å². The number of H-pyrrole nitrogens is 1. The summed E-state index contributed by atoms with van der Waals surface area (Å²) >= 11 is 0. The fourth-order valence-corrected chi connectivity index (χ4v) is 3.31. The third-order valence-electron chi connectivity index (χ3n) is 4.24. The first-order chi connectivity index (χ1) is 10.0. The zero-order valence-corrected chi connectivity index (χ0v) is 11.1. The van der Waals surface area contributed by atoms with E-state index >= 15 is 0 Å². The first-order valence-corrected chi connectivity index (χ1v) is 6.46. The summed E-state index contributed by atoms with van der Waals surface area (Å²) in [5.41, 5.74) is 0.614. The number of carbonyl (C=O) groups is 2. The SMILES string of the molecule is CN1C(=O)[C@@]2(CC(=O)Nc3[nH]ncc32)c2ccc(F)cc21. The van der Waals surface area contributed by atoms with Crippen molar-refractivity contribution < 1.29 is 14.0 Å². The maximum atomic E-state index is 13.5. The molecule has 0 saturated carbocycles. The van der Waals surface area contributed by atoms with Gasteiger partial charge in [0, 0.05) is 19.0 Å². The Morgan fingerprint density at radius 3 is 2.95 bits per heavy atom. The Balaban J connectivity index is 2.06. The van der Waals surface area contributed by atoms with Gasteiger partial charge in [-0.1, -0.05) is 6.07 Å². The number of hydrogen-bond acceptors (Lipinski definition) is 3. The fourth-order valence-electron chi connectivity index (χ4n) is 3.31. The molecule has 2 aromatic rings. The molecule has 4 rings (SSSR count). The standard InChI is InChI=1S/C14H11FN4O2/c1-19-10-4-7(15)2-3-8(10)14(13(19)21)5-11(20)17-12-9(14)6-16-18-12/h2-4,6H,5H2,1H3,(H2,16,17,18,20)/t14-/m0/s1. The lowest BCUT2D eigenvalue weighted by Crippen LogP contribution is -2.45. The van der Waals surface area contributed by atoms with Crippen molar-refractivity contribution in [3.8, 4) is 0 Å². The van der Waals surface area contributed by atoms with Crippen LogP contribution in [0.4, 0.5) is 15.9 Å². The highest BCUT2D eigenvalue weighted by atomic mass is 19.1. The number of carbonyl (C=O) groups excluding carboxylic acids is 2. The quantitative estimate of drug-likeness (QED) is 0.762. The third-order valence-corrected chi connectivity index (χ3v) is 4.24. The van der Waals surface area contributed by atoms with E-state index in [9.17, 15) is 14.0 Å². The number of benzene rings is 1. The molecule has 7 heteroatoms. The number of rotatable bonds is 0. The number of aromatic nitrogens is 2. The van der Waals surface area contributed by atoms with E-state index in [1.807, 2.05) is 0 Å². The van der Waals surface area contributed by atoms with Gasteiger partial charge in [0.05, 0.1) is 11.9 Å². The number of likely N-dealkylation sites (N-methyl/N-ethyl adjacent to an activating group) is 1. The van der Waals surface area contributed by atoms with Crippen molar-refractivity contribution in [2.24, 2.45) is 0 Å². The third kappa shape index (κ3) is 1.32. The number of aromatic amines is 1. The van der Waals surface area contributed by atoms with Crippen LogP contribution in [0.5, 0.6) is 0 Å². The van der Waals surface area contributed by atoms with Gasteiger partial charge in [-0.2, -0.15) is 5.10 Å². The summed E-state index contributed by atoms with van der Waals surface area (Å²) in [6.07, 6.45) is 1.53. The number of hydrogen-bond donors (Lipinski definition) is 2. The van der Waals surface area contributed by atoms with Gasteiger partial charge in [-0.05, 0) is 17.7 Å². The second kappa shape index (κ2) is 3.69. The van der Waals surface area contributed by atoms with Gasteiger partial charge in [-0.25, -0.2) is 4.39 Å². The molecule has 0 aliphatic carbocycles. The summed E-state index contributed by atoms with van der Waals surface area (Å²) in [6.45, 7) is 0. The Morgan fingerprint density at radius 2 is 2.14 bits per heavy atom. The first kappa shape index (κ1) is 12.1. The topological polar surface area (TPSA) is 78.1 Å². The second-order valence-electron chi connectivity index (χ2n) is 5.31. The zero-order valence-electron chi connectivity index (χ0n) is 11.1. The van der Waals surface area contributed by atoms with Crippen molar-refractivity contribution in [2.75, 3.05) is 17.3 Å². The molecule has 1 atom stereocenters. The summed E-state index contributed by atoms with van der Waals surface area (Å²) in [6, 6.07) is 4.19. The highest BCUT2D eigenvalue weighted by Crippen LogP contribution is 2.51. The zero-order chi connectivity index (χ0) is 14.8. The van der Waals surface area contributed by atoms with E-state index in [2.05, 4.69) is 15.5 Å². The van der Waals surface area contributed by atoms with Gasteiger partial charge in [0.25, 0.3) is 0 Å². The van der Waals surface area contributed by atoms with Crippen LogP contribution in [0.3, 0.4) is 0 Å². The maximum absolute atomic E-state index is 13.5. The predicted octanol–water partition coefficient (Wildman–Crippen LogP) is 1.15. The van der Waals surface area contributed by atoms with Crippen molar-refractivity contribution in [2.45, 2.75) is 11.8 Å². The number of nitrogens with one attached hydrogen (secondary N) is 2. The number of halogens is 1. The van der Waals surface area contributed by atoms with E-state index in [4.69, 9.17) is 0 Å². The van der Waals surface area contributed by atoms with Crippen LogP contribution in [0.2, 0.25) is 0 Å². The minimum absolute atomic E-state index is 0.0126. The Morgan fingerprint density at radius 1 is 1.33 bits per heavy atom. The van der Waals surface area contributed by atoms with Crippen LogP contribution in [0.15, 0.2) is 24.4 Å². The average Bonchev–Trinajstić information content (AvgIpc) is 2.99. The summed E-state index contributed by atoms with van der Waals surface area (Å²) in [4.78, 5) is 26.2. The van der Waals surface area contributed by atoms with Crippen molar-refractivity contribution >= 4 is 23.3 Å². The fraction of sp³-hybridized carbons (Fsp3) is 0.214. The molecule has 2 aliphatic heterocycles. The van der Waals surface area contributed by atoms with E-state index in [1.54, 1.807) is 19.3 Å². The van der Waals surface area contributed by atoms with Crippen LogP contribution < -0.4 is 10.2 Å². The number of anilines is 2. The number of amides is 2. The molecule has 1 aromatic heterocycles. The molecule has 0 saturated heterocycles. The lowest BCUT2D eigenvalue weighted by Gasteiger charge is -2.31. The largest absolute Gasteiger partial charge is 0.314 e. The molecule has 0 unspecified atom stereocenters. The summed E-state index contributed by atoms with van der Waals surface area (Å²) in [5.74, 6) is -0.519. The lowest BCUT2D eigenvalue weighted by molar-refractivity contribution is -0.126. The van der Waals surface area contributed by atoms with Crippen LogP contribution >= 0.6 is 0 Å². The Bertz CT molecular complexity index is 800. The van der Waals surface area contributed by atoms with Gasteiger partial charge >= 0.3 is 0 Å². The Kier molecular flexibility index (Phi) is 2.12. The molecule has 0 fully saturated rings. The summed E-state index contributed by atoms with van der Waals surface area (Å²) in [7, 11) is 1.58. The van der Waals surface area contributed by atoms with E-state index in [1.165, 1.54) is 17.0 Å². The summed E-state index contributed by atoms with van der Waals surface area (Å²) in [5, 5.41) is 9.28. The monoisotopic (exact) mass is 286 g/mol. The smallest absolute Gasteiger partial charge is 0.242 e.